The number of ether oxygens (including phenoxy) is 3. The predicted octanol–water partition coefficient (Wildman–Crippen LogP) is 7.62. The lowest BCUT2D eigenvalue weighted by molar-refractivity contribution is -0.0518. The van der Waals surface area contributed by atoms with Crippen LogP contribution >= 0.6 is 0 Å². The van der Waals surface area contributed by atoms with E-state index in [4.69, 9.17) is 14.2 Å². The molecule has 33 heavy (non-hydrogen) atoms. The van der Waals surface area contributed by atoms with E-state index in [1.807, 2.05) is 24.3 Å². The Morgan fingerprint density at radius 3 is 2.33 bits per heavy atom. The largest absolute Gasteiger partial charge is 0.493 e. The van der Waals surface area contributed by atoms with E-state index in [-0.39, 0.29) is 5.41 Å². The Bertz CT molecular complexity index is 978. The van der Waals surface area contributed by atoms with Crippen LogP contribution in [0.1, 0.15) is 64.0 Å². The zero-order valence-corrected chi connectivity index (χ0v) is 21.1. The van der Waals surface area contributed by atoms with Crippen LogP contribution in [-0.2, 0) is 13.0 Å². The van der Waals surface area contributed by atoms with Crippen molar-refractivity contribution in [3.05, 3.63) is 65.7 Å². The molecule has 2 aromatic carbocycles. The topological polar surface area (TPSA) is 27.7 Å². The summed E-state index contributed by atoms with van der Waals surface area (Å²) in [6, 6.07) is 14.4. The van der Waals surface area contributed by atoms with Gasteiger partial charge >= 0.3 is 0 Å². The average molecular weight is 449 g/mol. The van der Waals surface area contributed by atoms with E-state index >= 15 is 0 Å². The molecule has 3 atom stereocenters. The van der Waals surface area contributed by atoms with Crippen molar-refractivity contribution in [1.82, 2.24) is 0 Å². The Labute approximate surface area is 200 Å². The van der Waals surface area contributed by atoms with E-state index in [2.05, 4.69) is 45.5 Å². The maximum atomic E-state index is 6.39. The molecule has 3 heteroatoms. The summed E-state index contributed by atoms with van der Waals surface area (Å²) in [5.74, 6) is 3.50. The van der Waals surface area contributed by atoms with E-state index in [1.54, 1.807) is 14.2 Å². The third-order valence-electron chi connectivity index (χ3n) is 8.55. The number of allylic oxidation sites excluding steroid dienone is 1. The molecule has 0 aromatic heterocycles. The molecule has 2 aliphatic carbocycles. The third-order valence-corrected chi connectivity index (χ3v) is 8.55. The van der Waals surface area contributed by atoms with Crippen LogP contribution in [0.15, 0.2) is 54.6 Å². The van der Waals surface area contributed by atoms with Crippen molar-refractivity contribution in [2.75, 3.05) is 14.2 Å². The predicted molar refractivity (Wildman–Crippen MR) is 135 cm³/mol. The summed E-state index contributed by atoms with van der Waals surface area (Å²) in [6.07, 6.45) is 7.22. The van der Waals surface area contributed by atoms with Crippen LogP contribution in [0.2, 0.25) is 0 Å². The van der Waals surface area contributed by atoms with Crippen LogP contribution < -0.4 is 14.2 Å². The SMILES string of the molecule is C=C1CC[C@H]2C(C)(C)CCC[C@]2(C)[C@H]1Cc1cc(OC)c(OC)cc1OCc1ccccc1. The average Bonchev–Trinajstić information content (AvgIpc) is 2.80. The monoisotopic (exact) mass is 448 g/mol. The summed E-state index contributed by atoms with van der Waals surface area (Å²) in [5, 5.41) is 0. The second kappa shape index (κ2) is 9.44. The van der Waals surface area contributed by atoms with E-state index < -0.39 is 0 Å². The Balaban J connectivity index is 1.68. The second-order valence-electron chi connectivity index (χ2n) is 10.9. The van der Waals surface area contributed by atoms with Gasteiger partial charge < -0.3 is 14.2 Å². The van der Waals surface area contributed by atoms with Crippen LogP contribution in [0.4, 0.5) is 0 Å². The van der Waals surface area contributed by atoms with E-state index in [0.29, 0.717) is 23.7 Å². The van der Waals surface area contributed by atoms with Gasteiger partial charge in [-0.15, -0.1) is 0 Å². The van der Waals surface area contributed by atoms with Crippen molar-refractivity contribution in [2.24, 2.45) is 22.7 Å². The Morgan fingerprint density at radius 1 is 0.939 bits per heavy atom. The molecule has 2 aliphatic rings. The van der Waals surface area contributed by atoms with Crippen molar-refractivity contribution in [3.63, 3.8) is 0 Å². The first-order valence-corrected chi connectivity index (χ1v) is 12.4. The number of rotatable bonds is 7. The number of hydrogen-bond acceptors (Lipinski definition) is 3. The fraction of sp³-hybridized carbons (Fsp3) is 0.533. The first-order valence-electron chi connectivity index (χ1n) is 12.4. The quantitative estimate of drug-likeness (QED) is 0.408. The molecule has 0 aliphatic heterocycles. The molecule has 0 amide bonds. The molecule has 0 radical (unpaired) electrons. The van der Waals surface area contributed by atoms with Gasteiger partial charge in [0.1, 0.15) is 12.4 Å². The zero-order chi connectivity index (χ0) is 23.6. The van der Waals surface area contributed by atoms with Gasteiger partial charge in [-0.3, -0.25) is 0 Å². The van der Waals surface area contributed by atoms with E-state index in [9.17, 15) is 0 Å². The molecule has 3 nitrogen and oxygen atoms in total. The smallest absolute Gasteiger partial charge is 0.164 e. The standard InChI is InChI=1S/C30H40O3/c1-21-13-14-28-29(2,3)15-10-16-30(28,4)24(21)17-23-18-26(31-5)27(32-6)19-25(23)33-20-22-11-8-7-9-12-22/h7-9,11-12,18-19,24,28H,1,10,13-17,20H2,2-6H3/t24-,28-,30+/m0/s1. The van der Waals surface area contributed by atoms with Gasteiger partial charge in [-0.05, 0) is 72.0 Å². The van der Waals surface area contributed by atoms with Crippen LogP contribution in [-0.4, -0.2) is 14.2 Å². The lowest BCUT2D eigenvalue weighted by atomic mass is 9.47. The lowest BCUT2D eigenvalue weighted by Crippen LogP contribution is -2.50. The molecular weight excluding hydrogens is 408 g/mol. The number of hydrogen-bond donors (Lipinski definition) is 0. The molecule has 0 bridgehead atoms. The number of benzene rings is 2. The molecule has 4 rings (SSSR count). The molecule has 0 unspecified atom stereocenters. The van der Waals surface area contributed by atoms with Gasteiger partial charge in [0.15, 0.2) is 11.5 Å². The Morgan fingerprint density at radius 2 is 1.64 bits per heavy atom. The first-order chi connectivity index (χ1) is 15.8. The molecule has 0 spiro atoms. The van der Waals surface area contributed by atoms with Crippen LogP contribution in [0.3, 0.4) is 0 Å². The van der Waals surface area contributed by atoms with Crippen LogP contribution in [0.5, 0.6) is 17.2 Å². The maximum Gasteiger partial charge on any atom is 0.164 e. The summed E-state index contributed by atoms with van der Waals surface area (Å²) in [7, 11) is 3.38. The summed E-state index contributed by atoms with van der Waals surface area (Å²) in [5.41, 5.74) is 4.38. The van der Waals surface area contributed by atoms with Gasteiger partial charge in [0.25, 0.3) is 0 Å². The van der Waals surface area contributed by atoms with Crippen molar-refractivity contribution in [3.8, 4) is 17.2 Å². The fourth-order valence-electron chi connectivity index (χ4n) is 6.80. The molecule has 178 valence electrons. The van der Waals surface area contributed by atoms with Crippen molar-refractivity contribution in [1.29, 1.82) is 0 Å². The minimum atomic E-state index is 0.265. The van der Waals surface area contributed by atoms with Gasteiger partial charge in [-0.25, -0.2) is 0 Å². The van der Waals surface area contributed by atoms with Crippen molar-refractivity contribution in [2.45, 2.75) is 65.9 Å². The molecule has 2 fully saturated rings. The summed E-state index contributed by atoms with van der Waals surface area (Å²) < 4.78 is 17.7. The first kappa shape index (κ1) is 23.7. The van der Waals surface area contributed by atoms with Crippen LogP contribution in [0, 0.1) is 22.7 Å². The third kappa shape index (κ3) is 4.65. The minimum Gasteiger partial charge on any atom is -0.493 e. The second-order valence-corrected chi connectivity index (χ2v) is 10.9. The Hall–Kier alpha value is -2.42. The molecular formula is C30H40O3. The molecule has 0 N–H and O–H groups in total. The van der Waals surface area contributed by atoms with Gasteiger partial charge in [0.05, 0.1) is 14.2 Å². The van der Waals surface area contributed by atoms with E-state index in [0.717, 1.165) is 35.8 Å². The molecule has 2 saturated carbocycles. The lowest BCUT2D eigenvalue weighted by Gasteiger charge is -2.58. The highest BCUT2D eigenvalue weighted by atomic mass is 16.5. The summed E-state index contributed by atoms with van der Waals surface area (Å²) in [6.45, 7) is 12.6. The number of fused-ring (bicyclic) bond motifs is 1. The van der Waals surface area contributed by atoms with Gasteiger partial charge in [0.2, 0.25) is 0 Å². The number of methoxy groups -OCH3 is 2. The zero-order valence-electron chi connectivity index (χ0n) is 21.1. The highest BCUT2D eigenvalue weighted by molar-refractivity contribution is 5.51. The highest BCUT2D eigenvalue weighted by Crippen LogP contribution is 2.61. The maximum absolute atomic E-state index is 6.39. The molecule has 0 saturated heterocycles. The minimum absolute atomic E-state index is 0.265. The van der Waals surface area contributed by atoms with Gasteiger partial charge in [-0.2, -0.15) is 0 Å². The van der Waals surface area contributed by atoms with Crippen LogP contribution in [0.25, 0.3) is 0 Å². The van der Waals surface area contributed by atoms with Crippen molar-refractivity contribution < 1.29 is 14.2 Å². The van der Waals surface area contributed by atoms with E-state index in [1.165, 1.54) is 36.8 Å². The molecule has 2 aromatic rings. The fourth-order valence-corrected chi connectivity index (χ4v) is 6.80. The van der Waals surface area contributed by atoms with Crippen molar-refractivity contribution >= 4 is 0 Å². The normalized spacial score (nSPS) is 26.4. The molecule has 0 heterocycles. The van der Waals surface area contributed by atoms with Gasteiger partial charge in [-0.1, -0.05) is 69.7 Å². The Kier molecular flexibility index (Phi) is 6.79. The summed E-state index contributed by atoms with van der Waals surface area (Å²) >= 11 is 0. The summed E-state index contributed by atoms with van der Waals surface area (Å²) in [4.78, 5) is 0. The highest BCUT2D eigenvalue weighted by Gasteiger charge is 2.52. The van der Waals surface area contributed by atoms with Gasteiger partial charge in [0, 0.05) is 6.07 Å².